The van der Waals surface area contributed by atoms with E-state index in [4.69, 9.17) is 14.2 Å². The highest BCUT2D eigenvalue weighted by atomic mass is 16.6. The predicted molar refractivity (Wildman–Crippen MR) is 261 cm³/mol. The fourth-order valence-corrected chi connectivity index (χ4v) is 7.39. The fourth-order valence-electron chi connectivity index (χ4n) is 7.39. The summed E-state index contributed by atoms with van der Waals surface area (Å²) in [6, 6.07) is 0. The monoisotopic (exact) mass is 841 g/mol. The summed E-state index contributed by atoms with van der Waals surface area (Å²) in [5.41, 5.74) is 0. The molecule has 1 unspecified atom stereocenters. The van der Waals surface area contributed by atoms with Gasteiger partial charge in [0.05, 0.1) is 6.61 Å². The van der Waals surface area contributed by atoms with Crippen molar-refractivity contribution in [3.05, 3.63) is 48.6 Å². The van der Waals surface area contributed by atoms with Crippen LogP contribution in [0, 0.1) is 0 Å². The Kier molecular flexibility index (Phi) is 49.4. The fraction of sp³-hybridized carbons (Fsp3) is 0.818. The van der Waals surface area contributed by atoms with Crippen molar-refractivity contribution in [2.24, 2.45) is 0 Å². The summed E-state index contributed by atoms with van der Waals surface area (Å²) < 4.78 is 17.4. The molecule has 350 valence electrons. The quantitative estimate of drug-likeness (QED) is 0.0347. The maximum absolute atomic E-state index is 12.8. The van der Waals surface area contributed by atoms with Gasteiger partial charge in [0, 0.05) is 19.4 Å². The predicted octanol–water partition coefficient (Wildman–Crippen LogP) is 17.6. The minimum absolute atomic E-state index is 0.0765. The van der Waals surface area contributed by atoms with Crippen LogP contribution in [0.3, 0.4) is 0 Å². The molecule has 0 saturated heterocycles. The van der Waals surface area contributed by atoms with Gasteiger partial charge in [-0.3, -0.25) is 9.59 Å². The van der Waals surface area contributed by atoms with Crippen LogP contribution < -0.4 is 0 Å². The normalized spacial score (nSPS) is 12.5. The molecule has 0 aliphatic rings. The lowest BCUT2D eigenvalue weighted by Crippen LogP contribution is -2.30. The number of hydrogen-bond donors (Lipinski definition) is 0. The third-order valence-corrected chi connectivity index (χ3v) is 11.3. The third-order valence-electron chi connectivity index (χ3n) is 11.3. The van der Waals surface area contributed by atoms with Crippen LogP contribution in [0.4, 0.5) is 0 Å². The van der Waals surface area contributed by atoms with Crippen molar-refractivity contribution in [1.29, 1.82) is 0 Å². The number of hydrogen-bond acceptors (Lipinski definition) is 5. The topological polar surface area (TPSA) is 61.8 Å². The summed E-state index contributed by atoms with van der Waals surface area (Å²) in [5.74, 6) is -0.409. The van der Waals surface area contributed by atoms with E-state index in [1.54, 1.807) is 0 Å². The van der Waals surface area contributed by atoms with Gasteiger partial charge in [-0.25, -0.2) is 0 Å². The van der Waals surface area contributed by atoms with E-state index in [0.29, 0.717) is 19.4 Å². The first-order chi connectivity index (χ1) is 29.6. The highest BCUT2D eigenvalue weighted by Crippen LogP contribution is 2.15. The Morgan fingerprint density at radius 1 is 0.367 bits per heavy atom. The van der Waals surface area contributed by atoms with Crippen LogP contribution in [0.2, 0.25) is 0 Å². The zero-order valence-corrected chi connectivity index (χ0v) is 40.2. The molecular weight excluding hydrogens is 741 g/mol. The number of rotatable bonds is 48. The van der Waals surface area contributed by atoms with Crippen LogP contribution in [-0.4, -0.2) is 37.9 Å². The molecule has 1 atom stereocenters. The molecule has 0 aromatic carbocycles. The smallest absolute Gasteiger partial charge is 0.306 e. The van der Waals surface area contributed by atoms with E-state index in [9.17, 15) is 9.59 Å². The second-order valence-corrected chi connectivity index (χ2v) is 17.4. The SMILES string of the molecule is CCCCC/C=C\C/C=C\CCCCCCCCOCC(COC(=O)CCCCCCC/C=C\C/C=C\CCCCC)OC(=O)CCCCCCCCCCCCCCC. The molecule has 60 heavy (non-hydrogen) atoms. The Bertz CT molecular complexity index is 997. The van der Waals surface area contributed by atoms with E-state index in [1.807, 2.05) is 0 Å². The standard InChI is InChI=1S/C55H100O5/c1-4-7-10-13-16-19-22-25-27-29-32-35-38-41-44-47-50-58-51-53(60-55(57)49-46-43-40-37-34-30-24-21-18-15-12-9-6-3)52-59-54(56)48-45-42-39-36-33-31-28-26-23-20-17-14-11-8-5-2/h16-17,19-20,25-28,53H,4-15,18,21-24,29-52H2,1-3H3/b19-16-,20-17-,27-25-,28-26-. The summed E-state index contributed by atoms with van der Waals surface area (Å²) in [6.07, 6.45) is 62.5. The lowest BCUT2D eigenvalue weighted by molar-refractivity contribution is -0.163. The molecule has 0 aliphatic carbocycles. The molecule has 0 radical (unpaired) electrons. The van der Waals surface area contributed by atoms with Crippen molar-refractivity contribution in [3.63, 3.8) is 0 Å². The average molecular weight is 841 g/mol. The van der Waals surface area contributed by atoms with E-state index in [2.05, 4.69) is 69.4 Å². The molecule has 0 fully saturated rings. The van der Waals surface area contributed by atoms with E-state index in [1.165, 1.54) is 167 Å². The van der Waals surface area contributed by atoms with Crippen LogP contribution in [0.15, 0.2) is 48.6 Å². The first kappa shape index (κ1) is 57.9. The van der Waals surface area contributed by atoms with Gasteiger partial charge in [-0.15, -0.1) is 0 Å². The van der Waals surface area contributed by atoms with E-state index < -0.39 is 6.10 Å². The Labute approximate surface area is 373 Å². The molecule has 0 amide bonds. The number of esters is 2. The first-order valence-corrected chi connectivity index (χ1v) is 26.2. The molecule has 0 heterocycles. The molecule has 0 N–H and O–H groups in total. The zero-order chi connectivity index (χ0) is 43.5. The van der Waals surface area contributed by atoms with Crippen molar-refractivity contribution in [1.82, 2.24) is 0 Å². The van der Waals surface area contributed by atoms with Gasteiger partial charge in [-0.1, -0.05) is 217 Å². The third kappa shape index (κ3) is 48.5. The molecule has 5 heteroatoms. The minimum Gasteiger partial charge on any atom is -0.462 e. The van der Waals surface area contributed by atoms with Crippen molar-refractivity contribution in [2.75, 3.05) is 19.8 Å². The number of allylic oxidation sites excluding steroid dienone is 8. The molecule has 5 nitrogen and oxygen atoms in total. The molecule has 0 spiro atoms. The van der Waals surface area contributed by atoms with E-state index in [-0.39, 0.29) is 25.2 Å². The first-order valence-electron chi connectivity index (χ1n) is 26.2. The highest BCUT2D eigenvalue weighted by Gasteiger charge is 2.17. The van der Waals surface area contributed by atoms with Gasteiger partial charge in [-0.2, -0.15) is 0 Å². The molecular formula is C55H100O5. The number of ether oxygens (including phenoxy) is 3. The Balaban J connectivity index is 4.29. The summed E-state index contributed by atoms with van der Waals surface area (Å²) in [5, 5.41) is 0. The summed E-state index contributed by atoms with van der Waals surface area (Å²) in [7, 11) is 0. The lowest BCUT2D eigenvalue weighted by atomic mass is 10.0. The van der Waals surface area contributed by atoms with Crippen LogP contribution in [-0.2, 0) is 23.8 Å². The number of carbonyl (C=O) groups excluding carboxylic acids is 2. The molecule has 0 aliphatic heterocycles. The largest absolute Gasteiger partial charge is 0.462 e. The van der Waals surface area contributed by atoms with Gasteiger partial charge in [0.15, 0.2) is 6.10 Å². The van der Waals surface area contributed by atoms with Crippen LogP contribution in [0.5, 0.6) is 0 Å². The van der Waals surface area contributed by atoms with Crippen LogP contribution >= 0.6 is 0 Å². The van der Waals surface area contributed by atoms with Crippen molar-refractivity contribution in [2.45, 2.75) is 271 Å². The molecule has 0 rings (SSSR count). The summed E-state index contributed by atoms with van der Waals surface area (Å²) in [6.45, 7) is 7.77. The number of carbonyl (C=O) groups is 2. The average Bonchev–Trinajstić information content (AvgIpc) is 3.25. The maximum atomic E-state index is 12.8. The van der Waals surface area contributed by atoms with E-state index >= 15 is 0 Å². The van der Waals surface area contributed by atoms with Gasteiger partial charge in [0.1, 0.15) is 6.61 Å². The van der Waals surface area contributed by atoms with Gasteiger partial charge >= 0.3 is 11.9 Å². The second kappa shape index (κ2) is 51.2. The Morgan fingerprint density at radius 3 is 1.13 bits per heavy atom. The van der Waals surface area contributed by atoms with Gasteiger partial charge < -0.3 is 14.2 Å². The molecule has 0 bridgehead atoms. The Morgan fingerprint density at radius 2 is 0.700 bits per heavy atom. The molecule has 0 aromatic rings. The Hall–Kier alpha value is -2.14. The van der Waals surface area contributed by atoms with Gasteiger partial charge in [0.2, 0.25) is 0 Å². The van der Waals surface area contributed by atoms with Crippen LogP contribution in [0.25, 0.3) is 0 Å². The summed E-state index contributed by atoms with van der Waals surface area (Å²) >= 11 is 0. The lowest BCUT2D eigenvalue weighted by Gasteiger charge is -2.18. The van der Waals surface area contributed by atoms with Crippen molar-refractivity contribution >= 4 is 11.9 Å². The molecule has 0 aromatic heterocycles. The van der Waals surface area contributed by atoms with Crippen molar-refractivity contribution in [3.8, 4) is 0 Å². The van der Waals surface area contributed by atoms with Gasteiger partial charge in [-0.05, 0) is 83.5 Å². The maximum Gasteiger partial charge on any atom is 0.306 e. The summed E-state index contributed by atoms with van der Waals surface area (Å²) in [4.78, 5) is 25.4. The molecule has 0 saturated carbocycles. The highest BCUT2D eigenvalue weighted by molar-refractivity contribution is 5.70. The van der Waals surface area contributed by atoms with Gasteiger partial charge in [0.25, 0.3) is 0 Å². The van der Waals surface area contributed by atoms with Crippen molar-refractivity contribution < 1.29 is 23.8 Å². The second-order valence-electron chi connectivity index (χ2n) is 17.4. The zero-order valence-electron chi connectivity index (χ0n) is 40.2. The van der Waals surface area contributed by atoms with E-state index in [0.717, 1.165) is 64.2 Å². The minimum atomic E-state index is -0.544. The van der Waals surface area contributed by atoms with Crippen LogP contribution in [0.1, 0.15) is 265 Å². The number of unbranched alkanes of at least 4 members (excludes halogenated alkanes) is 29.